The molecule has 0 spiro atoms. The predicted octanol–water partition coefficient (Wildman–Crippen LogP) is -0.202. The van der Waals surface area contributed by atoms with Gasteiger partial charge in [-0.05, 0) is 5.56 Å². The Morgan fingerprint density at radius 2 is 1.45 bits per heavy atom. The van der Waals surface area contributed by atoms with Crippen molar-refractivity contribution in [1.82, 2.24) is 5.32 Å². The van der Waals surface area contributed by atoms with E-state index in [1.807, 2.05) is 0 Å². The topological polar surface area (TPSA) is 98.2 Å². The van der Waals surface area contributed by atoms with Crippen molar-refractivity contribution in [2.24, 2.45) is 11.5 Å². The zero-order valence-corrected chi connectivity index (χ0v) is 10.1. The Balaban J connectivity index is 2.74. The smallest absolute Gasteiger partial charge is 0.319 e. The van der Waals surface area contributed by atoms with E-state index in [2.05, 4.69) is 0 Å². The van der Waals surface area contributed by atoms with E-state index < -0.39 is 35.5 Å². The molecule has 8 heteroatoms. The molecular weight excluding hydrogens is 275 g/mol. The van der Waals surface area contributed by atoms with Gasteiger partial charge in [-0.25, -0.2) is 0 Å². The van der Waals surface area contributed by atoms with E-state index in [-0.39, 0.29) is 5.56 Å². The monoisotopic (exact) mass is 287 g/mol. The summed E-state index contributed by atoms with van der Waals surface area (Å²) in [5, 5.41) is 1.75. The van der Waals surface area contributed by atoms with Gasteiger partial charge >= 0.3 is 6.18 Å². The Hall–Kier alpha value is -1.93. The van der Waals surface area contributed by atoms with Gasteiger partial charge in [0.05, 0.1) is 0 Å². The molecule has 0 bridgehead atoms. The van der Waals surface area contributed by atoms with Gasteiger partial charge in [0, 0.05) is 0 Å². The number of imide groups is 1. The average Bonchev–Trinajstić information content (AvgIpc) is 2.37. The zero-order valence-electron chi connectivity index (χ0n) is 10.1. The Labute approximate surface area is 112 Å². The number of hydrogen-bond acceptors (Lipinski definition) is 4. The molecule has 108 valence electrons. The molecule has 1 aliphatic heterocycles. The second-order valence-electron chi connectivity index (χ2n) is 4.54. The van der Waals surface area contributed by atoms with Crippen molar-refractivity contribution < 1.29 is 22.8 Å². The standard InChI is InChI=1S/C12H12F3N3O2/c13-12(14,15)11(6-4-2-1-3-5-6)7(16)9(19)18-10(20)8(11)17/h1-5,7-8H,16-17H2,(H,18,19,20). The summed E-state index contributed by atoms with van der Waals surface area (Å²) in [6.45, 7) is 0. The van der Waals surface area contributed by atoms with Gasteiger partial charge in [-0.1, -0.05) is 30.3 Å². The molecule has 2 unspecified atom stereocenters. The summed E-state index contributed by atoms with van der Waals surface area (Å²) in [6, 6.07) is 2.53. The maximum atomic E-state index is 13.6. The molecule has 2 atom stereocenters. The van der Waals surface area contributed by atoms with Gasteiger partial charge in [0.25, 0.3) is 0 Å². The first-order chi connectivity index (χ1) is 9.23. The van der Waals surface area contributed by atoms with Crippen molar-refractivity contribution in [3.63, 3.8) is 0 Å². The minimum absolute atomic E-state index is 0.310. The molecule has 5 N–H and O–H groups in total. The number of alkyl halides is 3. The van der Waals surface area contributed by atoms with Crippen molar-refractivity contribution in [1.29, 1.82) is 0 Å². The van der Waals surface area contributed by atoms with Crippen LogP contribution in [0.3, 0.4) is 0 Å². The number of carbonyl (C=O) groups excluding carboxylic acids is 2. The van der Waals surface area contributed by atoms with Crippen LogP contribution in [0.5, 0.6) is 0 Å². The minimum atomic E-state index is -4.96. The van der Waals surface area contributed by atoms with E-state index in [1.54, 1.807) is 5.32 Å². The summed E-state index contributed by atoms with van der Waals surface area (Å²) < 4.78 is 40.9. The molecule has 20 heavy (non-hydrogen) atoms. The van der Waals surface area contributed by atoms with Crippen molar-refractivity contribution in [2.75, 3.05) is 0 Å². The van der Waals surface area contributed by atoms with Gasteiger partial charge in [-0.3, -0.25) is 14.9 Å². The van der Waals surface area contributed by atoms with E-state index in [0.717, 1.165) is 12.1 Å². The highest BCUT2D eigenvalue weighted by Crippen LogP contribution is 2.46. The van der Waals surface area contributed by atoms with Crippen LogP contribution in [-0.4, -0.2) is 30.1 Å². The van der Waals surface area contributed by atoms with Crippen LogP contribution in [0, 0.1) is 0 Å². The van der Waals surface area contributed by atoms with Gasteiger partial charge in [0.15, 0.2) is 0 Å². The lowest BCUT2D eigenvalue weighted by Crippen LogP contribution is -2.76. The Morgan fingerprint density at radius 3 is 1.85 bits per heavy atom. The summed E-state index contributed by atoms with van der Waals surface area (Å²) in [7, 11) is 0. The Bertz CT molecular complexity index is 525. The first kappa shape index (κ1) is 14.5. The van der Waals surface area contributed by atoms with Crippen molar-refractivity contribution in [3.05, 3.63) is 35.9 Å². The maximum absolute atomic E-state index is 13.6. The third kappa shape index (κ3) is 1.80. The van der Waals surface area contributed by atoms with E-state index in [1.165, 1.54) is 18.2 Å². The predicted molar refractivity (Wildman–Crippen MR) is 63.3 cm³/mol. The molecule has 0 radical (unpaired) electrons. The largest absolute Gasteiger partial charge is 0.402 e. The first-order valence-corrected chi connectivity index (χ1v) is 5.71. The molecule has 1 aliphatic rings. The van der Waals surface area contributed by atoms with Gasteiger partial charge in [-0.15, -0.1) is 0 Å². The third-order valence-corrected chi connectivity index (χ3v) is 3.51. The number of rotatable bonds is 1. The van der Waals surface area contributed by atoms with Crippen molar-refractivity contribution >= 4 is 11.8 Å². The lowest BCUT2D eigenvalue weighted by molar-refractivity contribution is -0.209. The van der Waals surface area contributed by atoms with Crippen molar-refractivity contribution in [3.8, 4) is 0 Å². The van der Waals surface area contributed by atoms with Crippen LogP contribution >= 0.6 is 0 Å². The highest BCUT2D eigenvalue weighted by molar-refractivity contribution is 6.05. The lowest BCUT2D eigenvalue weighted by Gasteiger charge is -2.45. The van der Waals surface area contributed by atoms with E-state index in [4.69, 9.17) is 11.5 Å². The highest BCUT2D eigenvalue weighted by atomic mass is 19.4. The highest BCUT2D eigenvalue weighted by Gasteiger charge is 2.68. The molecular formula is C12H12F3N3O2. The molecule has 1 fully saturated rings. The number of halogens is 3. The minimum Gasteiger partial charge on any atom is -0.319 e. The third-order valence-electron chi connectivity index (χ3n) is 3.51. The molecule has 1 saturated heterocycles. The Morgan fingerprint density at radius 1 is 1.00 bits per heavy atom. The van der Waals surface area contributed by atoms with Gasteiger partial charge in [0.1, 0.15) is 17.5 Å². The zero-order chi connectivity index (χ0) is 15.1. The summed E-state index contributed by atoms with van der Waals surface area (Å²) >= 11 is 0. The van der Waals surface area contributed by atoms with E-state index in [9.17, 15) is 22.8 Å². The van der Waals surface area contributed by atoms with Gasteiger partial charge < -0.3 is 11.5 Å². The SMILES string of the molecule is NC1C(=O)NC(=O)C(N)C1(c1ccccc1)C(F)(F)F. The molecule has 1 aromatic rings. The van der Waals surface area contributed by atoms with Crippen molar-refractivity contribution in [2.45, 2.75) is 23.7 Å². The first-order valence-electron chi connectivity index (χ1n) is 5.71. The lowest BCUT2D eigenvalue weighted by atomic mass is 9.66. The van der Waals surface area contributed by atoms with Crippen LogP contribution in [0.1, 0.15) is 5.56 Å². The number of hydrogen-bond donors (Lipinski definition) is 3. The normalized spacial score (nSPS) is 31.1. The van der Waals surface area contributed by atoms with Crippen LogP contribution < -0.4 is 16.8 Å². The van der Waals surface area contributed by atoms with Gasteiger partial charge in [0.2, 0.25) is 11.8 Å². The quantitative estimate of drug-likeness (QED) is 0.623. The fraction of sp³-hybridized carbons (Fsp3) is 0.333. The maximum Gasteiger partial charge on any atom is 0.402 e. The van der Waals surface area contributed by atoms with E-state index in [0.29, 0.717) is 0 Å². The number of nitrogens with one attached hydrogen (secondary N) is 1. The second-order valence-corrected chi connectivity index (χ2v) is 4.54. The molecule has 1 aromatic carbocycles. The summed E-state index contributed by atoms with van der Waals surface area (Å²) in [6.07, 6.45) is -4.96. The fourth-order valence-corrected chi connectivity index (χ4v) is 2.47. The summed E-state index contributed by atoms with van der Waals surface area (Å²) in [5.74, 6) is -2.39. The average molecular weight is 287 g/mol. The molecule has 0 aliphatic carbocycles. The second kappa shape index (κ2) is 4.57. The fourth-order valence-electron chi connectivity index (χ4n) is 2.47. The number of piperidine rings is 1. The number of carbonyl (C=O) groups is 2. The van der Waals surface area contributed by atoms with E-state index >= 15 is 0 Å². The van der Waals surface area contributed by atoms with Gasteiger partial charge in [-0.2, -0.15) is 13.2 Å². The summed E-state index contributed by atoms with van der Waals surface area (Å²) in [4.78, 5) is 23.1. The molecule has 1 heterocycles. The Kier molecular flexibility index (Phi) is 3.31. The molecule has 2 amide bonds. The molecule has 5 nitrogen and oxygen atoms in total. The number of nitrogens with two attached hydrogens (primary N) is 2. The van der Waals surface area contributed by atoms with Crippen LogP contribution in [-0.2, 0) is 15.0 Å². The number of benzene rings is 1. The number of amides is 2. The van der Waals surface area contributed by atoms with Crippen LogP contribution in [0.2, 0.25) is 0 Å². The molecule has 0 aromatic heterocycles. The van der Waals surface area contributed by atoms with Crippen LogP contribution in [0.4, 0.5) is 13.2 Å². The molecule has 2 rings (SSSR count). The van der Waals surface area contributed by atoms with Crippen LogP contribution in [0.15, 0.2) is 30.3 Å². The van der Waals surface area contributed by atoms with Crippen LogP contribution in [0.25, 0.3) is 0 Å². The summed E-state index contributed by atoms with van der Waals surface area (Å²) in [5.41, 5.74) is 7.68. The molecule has 0 saturated carbocycles.